The fourth-order valence-corrected chi connectivity index (χ4v) is 4.38. The predicted octanol–water partition coefficient (Wildman–Crippen LogP) is 5.89. The lowest BCUT2D eigenvalue weighted by Gasteiger charge is -2.37. The molecule has 1 unspecified atom stereocenters. The molecule has 1 aromatic carbocycles. The fourth-order valence-electron chi connectivity index (χ4n) is 4.38. The molecule has 0 bridgehead atoms. The molecule has 4 rings (SSSR count). The van der Waals surface area contributed by atoms with Crippen LogP contribution in [0.15, 0.2) is 71.6 Å². The Bertz CT molecular complexity index is 1070. The van der Waals surface area contributed by atoms with Crippen LogP contribution >= 0.6 is 0 Å². The summed E-state index contributed by atoms with van der Waals surface area (Å²) in [5.41, 5.74) is 5.74. The lowest BCUT2D eigenvalue weighted by molar-refractivity contribution is -0.116. The van der Waals surface area contributed by atoms with Gasteiger partial charge in [0.1, 0.15) is 11.5 Å². The second-order valence-electron chi connectivity index (χ2n) is 8.77. The number of carbonyl (C=O) groups is 1. The number of hydrogen-bond acceptors (Lipinski definition) is 5. The third-order valence-electron chi connectivity index (χ3n) is 6.38. The van der Waals surface area contributed by atoms with E-state index in [1.807, 2.05) is 32.0 Å². The third kappa shape index (κ3) is 5.10. The SMILES string of the molecule is C=C(C)C1CC(=O)C(C)=C(N2CCC(=Cc3cccc(Oc4ccc(O)cn4)c3)CC2)C1. The summed E-state index contributed by atoms with van der Waals surface area (Å²) >= 11 is 0. The molecular weight excluding hydrogens is 400 g/mol. The van der Waals surface area contributed by atoms with Crippen molar-refractivity contribution in [1.29, 1.82) is 0 Å². The van der Waals surface area contributed by atoms with Gasteiger partial charge in [-0.2, -0.15) is 0 Å². The molecule has 2 aromatic rings. The van der Waals surface area contributed by atoms with Crippen LogP contribution in [0.3, 0.4) is 0 Å². The molecule has 32 heavy (non-hydrogen) atoms. The summed E-state index contributed by atoms with van der Waals surface area (Å²) in [5.74, 6) is 1.80. The first-order valence-electron chi connectivity index (χ1n) is 11.1. The van der Waals surface area contributed by atoms with Crippen molar-refractivity contribution in [3.8, 4) is 17.4 Å². The number of likely N-dealkylation sites (tertiary alicyclic amines) is 1. The Morgan fingerprint density at radius 1 is 1.22 bits per heavy atom. The molecular formula is C27H30N2O3. The molecule has 1 aromatic heterocycles. The van der Waals surface area contributed by atoms with Crippen molar-refractivity contribution in [2.24, 2.45) is 5.92 Å². The van der Waals surface area contributed by atoms with Gasteiger partial charge in [-0.25, -0.2) is 4.98 Å². The van der Waals surface area contributed by atoms with Gasteiger partial charge < -0.3 is 14.7 Å². The van der Waals surface area contributed by atoms with E-state index < -0.39 is 0 Å². The van der Waals surface area contributed by atoms with E-state index >= 15 is 0 Å². The van der Waals surface area contributed by atoms with Crippen molar-refractivity contribution < 1.29 is 14.6 Å². The summed E-state index contributed by atoms with van der Waals surface area (Å²) in [7, 11) is 0. The minimum absolute atomic E-state index is 0.112. The van der Waals surface area contributed by atoms with Gasteiger partial charge in [0, 0.05) is 36.8 Å². The maximum absolute atomic E-state index is 12.5. The first-order chi connectivity index (χ1) is 15.4. The summed E-state index contributed by atoms with van der Waals surface area (Å²) in [4.78, 5) is 19.0. The molecule has 1 atom stereocenters. The van der Waals surface area contributed by atoms with E-state index in [-0.39, 0.29) is 17.5 Å². The molecule has 5 nitrogen and oxygen atoms in total. The van der Waals surface area contributed by atoms with Crippen molar-refractivity contribution >= 4 is 11.9 Å². The number of benzene rings is 1. The van der Waals surface area contributed by atoms with E-state index in [4.69, 9.17) is 4.74 Å². The zero-order valence-corrected chi connectivity index (χ0v) is 18.8. The van der Waals surface area contributed by atoms with Gasteiger partial charge in [-0.15, -0.1) is 0 Å². The number of pyridine rings is 1. The number of rotatable bonds is 5. The Hall–Kier alpha value is -3.34. The number of hydrogen-bond donors (Lipinski definition) is 1. The van der Waals surface area contributed by atoms with Crippen molar-refractivity contribution in [3.63, 3.8) is 0 Å². The van der Waals surface area contributed by atoms with E-state index in [2.05, 4.69) is 28.6 Å². The van der Waals surface area contributed by atoms with E-state index in [9.17, 15) is 9.90 Å². The van der Waals surface area contributed by atoms with Crippen molar-refractivity contribution in [2.75, 3.05) is 13.1 Å². The highest BCUT2D eigenvalue weighted by molar-refractivity contribution is 5.96. The van der Waals surface area contributed by atoms with Gasteiger partial charge in [0.2, 0.25) is 5.88 Å². The molecule has 1 aliphatic carbocycles. The van der Waals surface area contributed by atoms with E-state index in [0.29, 0.717) is 18.1 Å². The summed E-state index contributed by atoms with van der Waals surface area (Å²) in [6, 6.07) is 11.1. The van der Waals surface area contributed by atoms with Gasteiger partial charge in [0.25, 0.3) is 0 Å². The average molecular weight is 431 g/mol. The zero-order valence-electron chi connectivity index (χ0n) is 18.8. The van der Waals surface area contributed by atoms with E-state index in [0.717, 1.165) is 49.1 Å². The molecule has 2 heterocycles. The molecule has 1 fully saturated rings. The summed E-state index contributed by atoms with van der Waals surface area (Å²) in [6.07, 6.45) is 7.09. The predicted molar refractivity (Wildman–Crippen MR) is 126 cm³/mol. The lowest BCUT2D eigenvalue weighted by Crippen LogP contribution is -2.35. The van der Waals surface area contributed by atoms with Crippen molar-refractivity contribution in [2.45, 2.75) is 39.5 Å². The molecule has 2 aliphatic rings. The van der Waals surface area contributed by atoms with Crippen LogP contribution in [0.25, 0.3) is 6.08 Å². The van der Waals surface area contributed by atoms with Crippen molar-refractivity contribution in [1.82, 2.24) is 9.88 Å². The number of piperidine rings is 1. The number of carbonyl (C=O) groups excluding carboxylic acids is 1. The molecule has 0 radical (unpaired) electrons. The lowest BCUT2D eigenvalue weighted by atomic mass is 9.82. The monoisotopic (exact) mass is 430 g/mol. The fraction of sp³-hybridized carbons (Fsp3) is 0.333. The highest BCUT2D eigenvalue weighted by Crippen LogP contribution is 2.35. The van der Waals surface area contributed by atoms with Crippen LogP contribution in [0.4, 0.5) is 0 Å². The van der Waals surface area contributed by atoms with Gasteiger partial charge in [0.05, 0.1) is 6.20 Å². The zero-order chi connectivity index (χ0) is 22.7. The number of nitrogens with zero attached hydrogens (tertiary/aromatic N) is 2. The summed E-state index contributed by atoms with van der Waals surface area (Å²) < 4.78 is 5.81. The summed E-state index contributed by atoms with van der Waals surface area (Å²) in [5, 5.41) is 9.36. The van der Waals surface area contributed by atoms with Crippen LogP contribution in [-0.2, 0) is 4.79 Å². The number of aromatic nitrogens is 1. The number of aromatic hydroxyl groups is 1. The highest BCUT2D eigenvalue weighted by atomic mass is 16.5. The molecule has 0 saturated carbocycles. The minimum Gasteiger partial charge on any atom is -0.506 e. The Labute approximate surface area is 189 Å². The first-order valence-corrected chi connectivity index (χ1v) is 11.1. The van der Waals surface area contributed by atoms with Gasteiger partial charge in [-0.3, -0.25) is 4.79 Å². The topological polar surface area (TPSA) is 62.7 Å². The quantitative estimate of drug-likeness (QED) is 0.600. The van der Waals surface area contributed by atoms with Gasteiger partial charge in [-0.1, -0.05) is 35.9 Å². The smallest absolute Gasteiger partial charge is 0.219 e. The maximum Gasteiger partial charge on any atom is 0.219 e. The van der Waals surface area contributed by atoms with Crippen LogP contribution in [0.2, 0.25) is 0 Å². The number of Topliss-reactive ketones (excluding diaryl/α,β-unsaturated/α-hetero) is 1. The second-order valence-corrected chi connectivity index (χ2v) is 8.77. The molecule has 1 N–H and O–H groups in total. The van der Waals surface area contributed by atoms with Crippen LogP contribution in [0, 0.1) is 5.92 Å². The number of ketones is 1. The first kappa shape index (κ1) is 21.9. The third-order valence-corrected chi connectivity index (χ3v) is 6.38. The Morgan fingerprint density at radius 3 is 2.69 bits per heavy atom. The van der Waals surface area contributed by atoms with Gasteiger partial charge in [-0.05, 0) is 62.8 Å². The van der Waals surface area contributed by atoms with Crippen LogP contribution < -0.4 is 4.74 Å². The van der Waals surface area contributed by atoms with Crippen LogP contribution in [-0.4, -0.2) is 33.9 Å². The number of ether oxygens (including phenoxy) is 1. The second kappa shape index (κ2) is 9.43. The Balaban J connectivity index is 1.41. The molecule has 1 aliphatic heterocycles. The minimum atomic E-state index is 0.112. The van der Waals surface area contributed by atoms with Gasteiger partial charge >= 0.3 is 0 Å². The highest BCUT2D eigenvalue weighted by Gasteiger charge is 2.29. The largest absolute Gasteiger partial charge is 0.506 e. The molecule has 0 spiro atoms. The molecule has 0 amide bonds. The van der Waals surface area contributed by atoms with E-state index in [1.54, 1.807) is 12.1 Å². The van der Waals surface area contributed by atoms with Gasteiger partial charge in [0.15, 0.2) is 5.78 Å². The van der Waals surface area contributed by atoms with Crippen LogP contribution in [0.1, 0.15) is 45.1 Å². The normalized spacial score (nSPS) is 19.2. The summed E-state index contributed by atoms with van der Waals surface area (Å²) in [6.45, 7) is 9.96. The molecule has 1 saturated heterocycles. The Kier molecular flexibility index (Phi) is 6.45. The Morgan fingerprint density at radius 2 is 2.00 bits per heavy atom. The van der Waals surface area contributed by atoms with Crippen molar-refractivity contribution in [3.05, 3.63) is 77.2 Å². The van der Waals surface area contributed by atoms with Crippen LogP contribution in [0.5, 0.6) is 17.4 Å². The maximum atomic E-state index is 12.5. The average Bonchev–Trinajstić information content (AvgIpc) is 2.78. The standard InChI is InChI=1S/C27H30N2O3/c1-18(2)22-15-25(19(3)26(31)16-22)29-11-9-20(10-12-29)13-21-5-4-6-24(14-21)32-27-8-7-23(30)17-28-27/h4-8,13-14,17,22,30H,1,9-12,15-16H2,2-3H3. The van der Waals surface area contributed by atoms with E-state index in [1.165, 1.54) is 17.5 Å². The molecule has 5 heteroatoms. The molecule has 166 valence electrons. The number of allylic oxidation sites excluding steroid dienone is 3.